The van der Waals surface area contributed by atoms with E-state index >= 15 is 0 Å². The molecule has 0 saturated carbocycles. The molecule has 0 amide bonds. The number of aryl methyl sites for hydroxylation is 1. The maximum atomic E-state index is 11.9. The Labute approximate surface area is 106 Å². The fraction of sp³-hybridized carbons (Fsp3) is 0.667. The Morgan fingerprint density at radius 3 is 3.11 bits per heavy atom. The van der Waals surface area contributed by atoms with E-state index in [1.54, 1.807) is 18.5 Å². The van der Waals surface area contributed by atoms with E-state index in [-0.39, 0.29) is 12.6 Å². The van der Waals surface area contributed by atoms with Gasteiger partial charge in [0.25, 0.3) is 0 Å². The van der Waals surface area contributed by atoms with E-state index in [2.05, 4.69) is 10.4 Å². The van der Waals surface area contributed by atoms with Gasteiger partial charge >= 0.3 is 5.97 Å². The standard InChI is InChI=1S/C12H19N3O3/c1-3-18-12(17)10-8(2)14-15-7-9(4-5-16)6-13-11(10)15/h9,13,16H,3-7H2,1-2H3. The summed E-state index contributed by atoms with van der Waals surface area (Å²) in [5.41, 5.74) is 1.21. The zero-order valence-corrected chi connectivity index (χ0v) is 10.8. The highest BCUT2D eigenvalue weighted by atomic mass is 16.5. The van der Waals surface area contributed by atoms with Crippen LogP contribution in [0.2, 0.25) is 0 Å². The van der Waals surface area contributed by atoms with Gasteiger partial charge < -0.3 is 15.2 Å². The number of aromatic nitrogens is 2. The van der Waals surface area contributed by atoms with Crippen molar-refractivity contribution in [2.45, 2.75) is 26.8 Å². The molecule has 1 atom stereocenters. The van der Waals surface area contributed by atoms with Crippen molar-refractivity contribution in [2.24, 2.45) is 5.92 Å². The SMILES string of the molecule is CCOC(=O)c1c(C)nn2c1NCC(CCO)C2. The summed E-state index contributed by atoms with van der Waals surface area (Å²) in [5.74, 6) is 0.751. The Morgan fingerprint density at radius 2 is 2.44 bits per heavy atom. The van der Waals surface area contributed by atoms with Gasteiger partial charge in [-0.05, 0) is 26.2 Å². The maximum Gasteiger partial charge on any atom is 0.343 e. The molecule has 1 aromatic heterocycles. The van der Waals surface area contributed by atoms with Crippen molar-refractivity contribution >= 4 is 11.8 Å². The molecule has 0 aliphatic carbocycles. The summed E-state index contributed by atoms with van der Waals surface area (Å²) in [6.07, 6.45) is 0.736. The van der Waals surface area contributed by atoms with Gasteiger partial charge in [-0.2, -0.15) is 5.10 Å². The van der Waals surface area contributed by atoms with E-state index in [0.717, 1.165) is 25.3 Å². The van der Waals surface area contributed by atoms with Crippen LogP contribution in [0, 0.1) is 12.8 Å². The predicted molar refractivity (Wildman–Crippen MR) is 66.6 cm³/mol. The Hall–Kier alpha value is -1.56. The minimum atomic E-state index is -0.329. The smallest absolute Gasteiger partial charge is 0.343 e. The van der Waals surface area contributed by atoms with Crippen LogP contribution in [-0.4, -0.2) is 40.6 Å². The van der Waals surface area contributed by atoms with E-state index in [0.29, 0.717) is 23.8 Å². The minimum absolute atomic E-state index is 0.173. The van der Waals surface area contributed by atoms with Crippen LogP contribution in [0.1, 0.15) is 29.4 Å². The lowest BCUT2D eigenvalue weighted by atomic mass is 10.0. The number of anilines is 1. The first-order valence-corrected chi connectivity index (χ1v) is 6.26. The van der Waals surface area contributed by atoms with E-state index < -0.39 is 0 Å². The average molecular weight is 253 g/mol. The number of rotatable bonds is 4. The Bertz CT molecular complexity index is 442. The highest BCUT2D eigenvalue weighted by Crippen LogP contribution is 2.26. The van der Waals surface area contributed by atoms with Gasteiger partial charge in [0.1, 0.15) is 11.4 Å². The molecular weight excluding hydrogens is 234 g/mol. The van der Waals surface area contributed by atoms with Gasteiger partial charge in [0.05, 0.1) is 12.3 Å². The van der Waals surface area contributed by atoms with Crippen LogP contribution in [0.3, 0.4) is 0 Å². The quantitative estimate of drug-likeness (QED) is 0.776. The Kier molecular flexibility index (Phi) is 3.86. The lowest BCUT2D eigenvalue weighted by Gasteiger charge is -2.24. The summed E-state index contributed by atoms with van der Waals surface area (Å²) in [6.45, 7) is 5.60. The van der Waals surface area contributed by atoms with Crippen LogP contribution in [-0.2, 0) is 11.3 Å². The molecule has 6 heteroatoms. The summed E-state index contributed by atoms with van der Waals surface area (Å²) in [6, 6.07) is 0. The largest absolute Gasteiger partial charge is 0.462 e. The molecule has 0 saturated heterocycles. The van der Waals surface area contributed by atoms with Crippen LogP contribution in [0.4, 0.5) is 5.82 Å². The molecule has 2 N–H and O–H groups in total. The van der Waals surface area contributed by atoms with Crippen molar-refractivity contribution in [1.82, 2.24) is 9.78 Å². The molecule has 100 valence electrons. The average Bonchev–Trinajstić information content (AvgIpc) is 2.65. The highest BCUT2D eigenvalue weighted by molar-refractivity contribution is 5.96. The summed E-state index contributed by atoms with van der Waals surface area (Å²) in [7, 11) is 0. The number of nitrogens with one attached hydrogen (secondary N) is 1. The number of carbonyl (C=O) groups excluding carboxylic acids is 1. The predicted octanol–water partition coefficient (Wildman–Crippen LogP) is 0.792. The molecule has 0 fully saturated rings. The van der Waals surface area contributed by atoms with Gasteiger partial charge in [0.2, 0.25) is 0 Å². The first-order valence-electron chi connectivity index (χ1n) is 6.26. The number of carbonyl (C=O) groups is 1. The minimum Gasteiger partial charge on any atom is -0.462 e. The third-order valence-corrected chi connectivity index (χ3v) is 3.13. The number of aliphatic hydroxyl groups is 1. The van der Waals surface area contributed by atoms with Gasteiger partial charge in [-0.1, -0.05) is 0 Å². The molecule has 0 bridgehead atoms. The first kappa shape index (κ1) is 12.9. The second-order valence-corrected chi connectivity index (χ2v) is 4.47. The maximum absolute atomic E-state index is 11.9. The summed E-state index contributed by atoms with van der Waals surface area (Å²) in [4.78, 5) is 11.9. The van der Waals surface area contributed by atoms with Crippen LogP contribution in [0.15, 0.2) is 0 Å². The second-order valence-electron chi connectivity index (χ2n) is 4.47. The Balaban J connectivity index is 2.23. The molecular formula is C12H19N3O3. The number of aliphatic hydroxyl groups excluding tert-OH is 1. The normalized spacial score (nSPS) is 18.1. The van der Waals surface area contributed by atoms with Gasteiger partial charge in [0, 0.05) is 19.7 Å². The molecule has 6 nitrogen and oxygen atoms in total. The fourth-order valence-corrected chi connectivity index (χ4v) is 2.27. The van der Waals surface area contributed by atoms with Crippen LogP contribution >= 0.6 is 0 Å². The summed E-state index contributed by atoms with van der Waals surface area (Å²) >= 11 is 0. The van der Waals surface area contributed by atoms with Gasteiger partial charge in [0.15, 0.2) is 0 Å². The molecule has 0 spiro atoms. The monoisotopic (exact) mass is 253 g/mol. The zero-order chi connectivity index (χ0) is 13.1. The van der Waals surface area contributed by atoms with E-state index in [9.17, 15) is 4.79 Å². The van der Waals surface area contributed by atoms with E-state index in [1.807, 2.05) is 0 Å². The highest BCUT2D eigenvalue weighted by Gasteiger charge is 2.27. The topological polar surface area (TPSA) is 76.4 Å². The number of hydrogen-bond acceptors (Lipinski definition) is 5. The van der Waals surface area contributed by atoms with E-state index in [1.165, 1.54) is 0 Å². The Morgan fingerprint density at radius 1 is 1.67 bits per heavy atom. The second kappa shape index (κ2) is 5.39. The molecule has 1 aromatic rings. The van der Waals surface area contributed by atoms with Gasteiger partial charge in [-0.15, -0.1) is 0 Å². The molecule has 1 aliphatic rings. The van der Waals surface area contributed by atoms with Crippen LogP contribution in [0.5, 0.6) is 0 Å². The first-order chi connectivity index (χ1) is 8.67. The van der Waals surface area contributed by atoms with Crippen molar-refractivity contribution in [3.05, 3.63) is 11.3 Å². The van der Waals surface area contributed by atoms with Gasteiger partial charge in [-0.25, -0.2) is 9.48 Å². The molecule has 2 rings (SSSR count). The van der Waals surface area contributed by atoms with E-state index in [4.69, 9.17) is 9.84 Å². The number of hydrogen-bond donors (Lipinski definition) is 2. The van der Waals surface area contributed by atoms with Crippen LogP contribution < -0.4 is 5.32 Å². The zero-order valence-electron chi connectivity index (χ0n) is 10.8. The number of ether oxygens (including phenoxy) is 1. The molecule has 1 unspecified atom stereocenters. The third kappa shape index (κ3) is 2.33. The van der Waals surface area contributed by atoms with Crippen LogP contribution in [0.25, 0.3) is 0 Å². The fourth-order valence-electron chi connectivity index (χ4n) is 2.27. The third-order valence-electron chi connectivity index (χ3n) is 3.13. The molecule has 2 heterocycles. The van der Waals surface area contributed by atoms with Crippen molar-refractivity contribution in [1.29, 1.82) is 0 Å². The molecule has 1 aliphatic heterocycles. The lowest BCUT2D eigenvalue weighted by Crippen LogP contribution is -2.29. The number of fused-ring (bicyclic) bond motifs is 1. The van der Waals surface area contributed by atoms with Crippen molar-refractivity contribution < 1.29 is 14.6 Å². The summed E-state index contributed by atoms with van der Waals surface area (Å²) < 4.78 is 6.83. The van der Waals surface area contributed by atoms with Crippen molar-refractivity contribution in [2.75, 3.05) is 25.1 Å². The number of nitrogens with zero attached hydrogens (tertiary/aromatic N) is 2. The van der Waals surface area contributed by atoms with Gasteiger partial charge in [-0.3, -0.25) is 0 Å². The van der Waals surface area contributed by atoms with Crippen molar-refractivity contribution in [3.8, 4) is 0 Å². The number of esters is 1. The molecule has 18 heavy (non-hydrogen) atoms. The lowest BCUT2D eigenvalue weighted by molar-refractivity contribution is 0.0526. The molecule has 0 aromatic carbocycles. The van der Waals surface area contributed by atoms with Crippen molar-refractivity contribution in [3.63, 3.8) is 0 Å². The molecule has 0 radical (unpaired) electrons. The summed E-state index contributed by atoms with van der Waals surface area (Å²) in [5, 5.41) is 16.5.